The van der Waals surface area contributed by atoms with Gasteiger partial charge in [-0.3, -0.25) is 4.79 Å². The van der Waals surface area contributed by atoms with Crippen molar-refractivity contribution in [1.29, 1.82) is 5.41 Å². The normalized spacial score (nSPS) is 16.6. The van der Waals surface area contributed by atoms with E-state index in [-0.39, 0.29) is 17.9 Å². The second-order valence-corrected chi connectivity index (χ2v) is 11.1. The summed E-state index contributed by atoms with van der Waals surface area (Å²) >= 11 is 0. The van der Waals surface area contributed by atoms with Crippen molar-refractivity contribution in [3.8, 4) is 5.75 Å². The van der Waals surface area contributed by atoms with Gasteiger partial charge in [-0.25, -0.2) is 13.2 Å². The van der Waals surface area contributed by atoms with Gasteiger partial charge in [-0.05, 0) is 62.4 Å². The van der Waals surface area contributed by atoms with E-state index >= 15 is 0 Å². The number of ether oxygens (including phenoxy) is 2. The van der Waals surface area contributed by atoms with Gasteiger partial charge in [0.05, 0.1) is 11.5 Å². The molecule has 1 saturated heterocycles. The van der Waals surface area contributed by atoms with Crippen LogP contribution in [-0.2, 0) is 30.8 Å². The minimum Gasteiger partial charge on any atom is -0.491 e. The number of sulfonamides is 1. The lowest BCUT2D eigenvalue weighted by Gasteiger charge is -2.25. The molecule has 0 radical (unpaired) electrons. The van der Waals surface area contributed by atoms with Gasteiger partial charge in [0.15, 0.2) is 0 Å². The van der Waals surface area contributed by atoms with E-state index in [1.54, 1.807) is 49.4 Å². The third-order valence-corrected chi connectivity index (χ3v) is 8.09. The van der Waals surface area contributed by atoms with E-state index in [0.29, 0.717) is 56.1 Å². The zero-order valence-corrected chi connectivity index (χ0v) is 22.3. The smallest absolute Gasteiger partial charge is 0.326 e. The molecule has 1 heterocycles. The number of hydrogen-bond donors (Lipinski definition) is 3. The van der Waals surface area contributed by atoms with Crippen LogP contribution < -0.4 is 10.1 Å². The Morgan fingerprint density at radius 1 is 1.11 bits per heavy atom. The van der Waals surface area contributed by atoms with Gasteiger partial charge in [0.25, 0.3) is 0 Å². The number of carboxylic acids is 1. The minimum absolute atomic E-state index is 0.0368. The van der Waals surface area contributed by atoms with Crippen molar-refractivity contribution in [2.75, 3.05) is 26.4 Å². The topological polar surface area (TPSA) is 146 Å². The molecule has 11 heteroatoms. The van der Waals surface area contributed by atoms with E-state index in [0.717, 1.165) is 10.7 Å². The fraction of sp³-hybridized carbons (Fsp3) is 0.444. The molecule has 0 saturated carbocycles. The number of carbonyl (C=O) groups excluding carboxylic acids is 1. The van der Waals surface area contributed by atoms with E-state index in [4.69, 9.17) is 14.9 Å². The first-order chi connectivity index (χ1) is 18.2. The monoisotopic (exact) mass is 545 g/mol. The SMILES string of the molecule is CC(=N)CCCOCCOc1ccc(CC(NC(=O)[C@@H]2CCCN2S(=O)(=O)c2ccccc2)C(=O)O)cc1. The number of amides is 1. The summed E-state index contributed by atoms with van der Waals surface area (Å²) in [5, 5.41) is 19.6. The average Bonchev–Trinajstić information content (AvgIpc) is 3.40. The van der Waals surface area contributed by atoms with Crippen LogP contribution in [0.15, 0.2) is 59.5 Å². The summed E-state index contributed by atoms with van der Waals surface area (Å²) < 4.78 is 38.4. The first kappa shape index (κ1) is 29.3. The molecule has 1 amide bonds. The van der Waals surface area contributed by atoms with Crippen molar-refractivity contribution in [1.82, 2.24) is 9.62 Å². The van der Waals surface area contributed by atoms with Gasteiger partial charge in [-0.15, -0.1) is 0 Å². The van der Waals surface area contributed by atoms with Crippen LogP contribution in [0.25, 0.3) is 0 Å². The molecule has 2 aromatic rings. The van der Waals surface area contributed by atoms with E-state index in [2.05, 4.69) is 5.32 Å². The van der Waals surface area contributed by atoms with Gasteiger partial charge in [-0.2, -0.15) is 4.31 Å². The summed E-state index contributed by atoms with van der Waals surface area (Å²) in [4.78, 5) is 25.0. The molecule has 1 aliphatic heterocycles. The Hall–Kier alpha value is -3.28. The standard InChI is InChI=1S/C27H35N3O7S/c1-20(28)7-6-16-36-17-18-37-22-13-11-21(12-14-22)19-24(27(32)33)29-26(31)25-10-5-15-30(25)38(34,35)23-8-3-2-4-9-23/h2-4,8-9,11-14,24-25,28H,5-7,10,15-19H2,1H3,(H,29,31)(H,32,33)/t24?,25-/m0/s1. The van der Waals surface area contributed by atoms with Crippen molar-refractivity contribution < 1.29 is 32.6 Å². The van der Waals surface area contributed by atoms with Crippen molar-refractivity contribution in [3.05, 3.63) is 60.2 Å². The van der Waals surface area contributed by atoms with Crippen molar-refractivity contribution >= 4 is 27.6 Å². The molecule has 2 atom stereocenters. The van der Waals surface area contributed by atoms with Crippen LogP contribution in [0, 0.1) is 5.41 Å². The maximum absolute atomic E-state index is 13.1. The molecule has 10 nitrogen and oxygen atoms in total. The van der Waals surface area contributed by atoms with Crippen molar-refractivity contribution in [3.63, 3.8) is 0 Å². The first-order valence-corrected chi connectivity index (χ1v) is 14.1. The lowest BCUT2D eigenvalue weighted by Crippen LogP contribution is -2.51. The molecule has 1 fully saturated rings. The highest BCUT2D eigenvalue weighted by molar-refractivity contribution is 7.89. The molecule has 2 aromatic carbocycles. The van der Waals surface area contributed by atoms with Crippen LogP contribution in [0.4, 0.5) is 0 Å². The second-order valence-electron chi connectivity index (χ2n) is 9.18. The maximum atomic E-state index is 13.1. The summed E-state index contributed by atoms with van der Waals surface area (Å²) in [5.41, 5.74) is 1.31. The number of carboxylic acid groups (broad SMARTS) is 1. The fourth-order valence-corrected chi connectivity index (χ4v) is 5.88. The zero-order valence-electron chi connectivity index (χ0n) is 21.5. The number of rotatable bonds is 15. The largest absolute Gasteiger partial charge is 0.491 e. The molecule has 0 bridgehead atoms. The van der Waals surface area contributed by atoms with Crippen molar-refractivity contribution in [2.45, 2.75) is 56.0 Å². The third-order valence-electron chi connectivity index (χ3n) is 6.17. The van der Waals surface area contributed by atoms with E-state index in [9.17, 15) is 23.1 Å². The Morgan fingerprint density at radius 3 is 2.47 bits per heavy atom. The summed E-state index contributed by atoms with van der Waals surface area (Å²) in [6.45, 7) is 3.31. The number of nitrogens with zero attached hydrogens (tertiary/aromatic N) is 1. The fourth-order valence-electron chi connectivity index (χ4n) is 4.20. The Bertz CT molecular complexity index is 1190. The molecule has 0 aliphatic carbocycles. The Kier molecular flexibility index (Phi) is 10.8. The number of nitrogens with one attached hydrogen (secondary N) is 2. The van der Waals surface area contributed by atoms with E-state index in [1.165, 1.54) is 12.1 Å². The number of hydrogen-bond acceptors (Lipinski definition) is 7. The first-order valence-electron chi connectivity index (χ1n) is 12.6. The zero-order chi connectivity index (χ0) is 27.5. The summed E-state index contributed by atoms with van der Waals surface area (Å²) in [6.07, 6.45) is 2.38. The van der Waals surface area contributed by atoms with Gasteiger partial charge < -0.3 is 25.3 Å². The average molecular weight is 546 g/mol. The second kappa shape index (κ2) is 14.0. The highest BCUT2D eigenvalue weighted by atomic mass is 32.2. The molecule has 1 unspecified atom stereocenters. The van der Waals surface area contributed by atoms with E-state index < -0.39 is 34.0 Å². The van der Waals surface area contributed by atoms with Gasteiger partial charge >= 0.3 is 5.97 Å². The number of carbonyl (C=O) groups is 2. The molecular formula is C27H35N3O7S. The summed E-state index contributed by atoms with van der Waals surface area (Å²) in [6, 6.07) is 12.6. The minimum atomic E-state index is -3.88. The molecule has 1 aliphatic rings. The van der Waals surface area contributed by atoms with Crippen molar-refractivity contribution in [2.24, 2.45) is 0 Å². The maximum Gasteiger partial charge on any atom is 0.326 e. The molecule has 206 valence electrons. The summed E-state index contributed by atoms with van der Waals surface area (Å²) in [7, 11) is -3.88. The highest BCUT2D eigenvalue weighted by Crippen LogP contribution is 2.26. The predicted octanol–water partition coefficient (Wildman–Crippen LogP) is 2.87. The van der Waals surface area contributed by atoms with Gasteiger partial charge in [0.2, 0.25) is 15.9 Å². The van der Waals surface area contributed by atoms with Crippen LogP contribution >= 0.6 is 0 Å². The third kappa shape index (κ3) is 8.37. The quantitative estimate of drug-likeness (QED) is 0.230. The molecule has 0 spiro atoms. The Labute approximate surface area is 223 Å². The predicted molar refractivity (Wildman–Crippen MR) is 142 cm³/mol. The Balaban J connectivity index is 1.52. The van der Waals surface area contributed by atoms with Gasteiger partial charge in [-0.1, -0.05) is 30.3 Å². The number of benzene rings is 2. The molecule has 3 rings (SSSR count). The lowest BCUT2D eigenvalue weighted by atomic mass is 10.1. The molecular weight excluding hydrogens is 510 g/mol. The molecule has 3 N–H and O–H groups in total. The lowest BCUT2D eigenvalue weighted by molar-refractivity contribution is -0.142. The summed E-state index contributed by atoms with van der Waals surface area (Å²) in [5.74, 6) is -1.22. The highest BCUT2D eigenvalue weighted by Gasteiger charge is 2.40. The molecule has 0 aromatic heterocycles. The van der Waals surface area contributed by atoms with Crippen LogP contribution in [0.3, 0.4) is 0 Å². The van der Waals surface area contributed by atoms with Gasteiger partial charge in [0.1, 0.15) is 24.4 Å². The van der Waals surface area contributed by atoms with Crippen LogP contribution in [0.2, 0.25) is 0 Å². The van der Waals surface area contributed by atoms with Crippen LogP contribution in [0.1, 0.15) is 38.2 Å². The van der Waals surface area contributed by atoms with E-state index in [1.807, 2.05) is 0 Å². The van der Waals surface area contributed by atoms with Crippen LogP contribution in [0.5, 0.6) is 5.75 Å². The molecule has 38 heavy (non-hydrogen) atoms. The van der Waals surface area contributed by atoms with Crippen LogP contribution in [-0.4, -0.2) is 73.9 Å². The number of aliphatic carboxylic acids is 1. The Morgan fingerprint density at radius 2 is 1.82 bits per heavy atom. The van der Waals surface area contributed by atoms with Gasteiger partial charge in [0, 0.05) is 25.3 Å².